The molecule has 1 N–H and O–H groups in total. The van der Waals surface area contributed by atoms with Gasteiger partial charge < -0.3 is 10.1 Å². The number of thioether (sulfide) groups is 1. The van der Waals surface area contributed by atoms with Gasteiger partial charge in [-0.1, -0.05) is 18.9 Å². The lowest BCUT2D eigenvalue weighted by molar-refractivity contribution is 0.256. The monoisotopic (exact) mass is 277 g/mol. The second-order valence-electron chi connectivity index (χ2n) is 4.61. The van der Waals surface area contributed by atoms with E-state index < -0.39 is 5.54 Å². The van der Waals surface area contributed by atoms with Gasteiger partial charge in [-0.05, 0) is 50.2 Å². The van der Waals surface area contributed by atoms with Crippen LogP contribution in [0.15, 0.2) is 29.2 Å². The van der Waals surface area contributed by atoms with E-state index in [4.69, 9.17) is 11.2 Å². The van der Waals surface area contributed by atoms with Gasteiger partial charge in [0, 0.05) is 4.90 Å². The average Bonchev–Trinajstić information content (AvgIpc) is 2.36. The maximum Gasteiger partial charge on any atom is 0.285 e. The van der Waals surface area contributed by atoms with Crippen molar-refractivity contribution in [1.29, 1.82) is 0 Å². The number of hydrogen-bond donors (Lipinski definition) is 1. The smallest absolute Gasteiger partial charge is 0.285 e. The summed E-state index contributed by atoms with van der Waals surface area (Å²) in [4.78, 5) is 12.7. The highest BCUT2D eigenvalue weighted by Gasteiger charge is 2.17. The highest BCUT2D eigenvalue weighted by Crippen LogP contribution is 2.24. The fourth-order valence-corrected chi connectivity index (χ4v) is 2.11. The molecule has 0 aliphatic rings. The zero-order chi connectivity index (χ0) is 14.3. The van der Waals surface area contributed by atoms with E-state index in [1.54, 1.807) is 13.8 Å². The van der Waals surface area contributed by atoms with E-state index in [0.29, 0.717) is 6.61 Å². The summed E-state index contributed by atoms with van der Waals surface area (Å²) in [7, 11) is 0. The molecule has 1 amide bonds. The Morgan fingerprint density at radius 1 is 1.53 bits per heavy atom. The summed E-state index contributed by atoms with van der Waals surface area (Å²) in [5.74, 6) is 3.30. The molecule has 0 heterocycles. The van der Waals surface area contributed by atoms with E-state index >= 15 is 0 Å². The molecule has 0 saturated carbocycles. The second kappa shape index (κ2) is 7.10. The third kappa shape index (κ3) is 5.71. The zero-order valence-electron chi connectivity index (χ0n) is 11.5. The van der Waals surface area contributed by atoms with E-state index in [2.05, 4.69) is 11.2 Å². The number of rotatable bonds is 5. The van der Waals surface area contributed by atoms with Crippen LogP contribution in [0.1, 0.15) is 27.2 Å². The first kappa shape index (κ1) is 15.5. The third-order valence-electron chi connectivity index (χ3n) is 2.26. The summed E-state index contributed by atoms with van der Waals surface area (Å²) in [6.45, 7) is 6.29. The Morgan fingerprint density at radius 3 is 2.89 bits per heavy atom. The van der Waals surface area contributed by atoms with Gasteiger partial charge in [0.1, 0.15) is 5.75 Å². The SMILES string of the molecule is C#CC(C)(C)NC(=O)Sc1cccc(OCCC)c1. The van der Waals surface area contributed by atoms with Gasteiger partial charge in [-0.2, -0.15) is 0 Å². The molecule has 3 nitrogen and oxygen atoms in total. The summed E-state index contributed by atoms with van der Waals surface area (Å²) in [5.41, 5.74) is -0.638. The van der Waals surface area contributed by atoms with E-state index in [0.717, 1.165) is 28.8 Å². The lowest BCUT2D eigenvalue weighted by Crippen LogP contribution is -2.39. The van der Waals surface area contributed by atoms with Gasteiger partial charge in [0.05, 0.1) is 12.1 Å². The Balaban J connectivity index is 2.62. The summed E-state index contributed by atoms with van der Waals surface area (Å²) in [5, 5.41) is 2.59. The van der Waals surface area contributed by atoms with Gasteiger partial charge in [0.25, 0.3) is 5.24 Å². The van der Waals surface area contributed by atoms with E-state index in [9.17, 15) is 4.79 Å². The standard InChI is InChI=1S/C15H19NO2S/c1-5-10-18-12-8-7-9-13(11-12)19-14(17)16-15(3,4)6-2/h2,7-9,11H,5,10H2,1,3-4H3,(H,16,17). The van der Waals surface area contributed by atoms with Crippen LogP contribution in [0, 0.1) is 12.3 Å². The summed E-state index contributed by atoms with van der Waals surface area (Å²) in [6, 6.07) is 7.46. The second-order valence-corrected chi connectivity index (χ2v) is 5.65. The normalized spacial score (nSPS) is 10.6. The quantitative estimate of drug-likeness (QED) is 0.659. The van der Waals surface area contributed by atoms with Crippen LogP contribution in [0.5, 0.6) is 5.75 Å². The van der Waals surface area contributed by atoms with Crippen LogP contribution in [0.3, 0.4) is 0 Å². The molecule has 0 saturated heterocycles. The molecule has 1 aromatic carbocycles. The minimum absolute atomic E-state index is 0.171. The van der Waals surface area contributed by atoms with Crippen molar-refractivity contribution >= 4 is 17.0 Å². The predicted octanol–water partition coefficient (Wildman–Crippen LogP) is 3.69. The fraction of sp³-hybridized carbons (Fsp3) is 0.400. The molecular formula is C15H19NO2S. The summed E-state index contributed by atoms with van der Waals surface area (Å²) < 4.78 is 5.52. The van der Waals surface area contributed by atoms with Gasteiger partial charge in [0.15, 0.2) is 0 Å². The van der Waals surface area contributed by atoms with Crippen LogP contribution >= 0.6 is 11.8 Å². The molecule has 0 bridgehead atoms. The van der Waals surface area contributed by atoms with Gasteiger partial charge >= 0.3 is 0 Å². The van der Waals surface area contributed by atoms with Crippen molar-refractivity contribution in [2.75, 3.05) is 6.61 Å². The predicted molar refractivity (Wildman–Crippen MR) is 79.5 cm³/mol. The summed E-state index contributed by atoms with van der Waals surface area (Å²) >= 11 is 1.11. The molecule has 102 valence electrons. The van der Waals surface area contributed by atoms with Gasteiger partial charge in [-0.3, -0.25) is 4.79 Å². The molecule has 1 rings (SSSR count). The molecule has 0 radical (unpaired) electrons. The molecule has 1 aromatic rings. The highest BCUT2D eigenvalue weighted by molar-refractivity contribution is 8.13. The lowest BCUT2D eigenvalue weighted by Gasteiger charge is -2.18. The van der Waals surface area contributed by atoms with Crippen molar-refractivity contribution in [2.45, 2.75) is 37.6 Å². The minimum atomic E-state index is -0.638. The van der Waals surface area contributed by atoms with Crippen molar-refractivity contribution < 1.29 is 9.53 Å². The molecule has 0 unspecified atom stereocenters. The molecule has 0 aliphatic carbocycles. The number of hydrogen-bond acceptors (Lipinski definition) is 3. The van der Waals surface area contributed by atoms with Crippen molar-refractivity contribution in [3.8, 4) is 18.1 Å². The number of ether oxygens (including phenoxy) is 1. The number of carbonyl (C=O) groups excluding carboxylic acids is 1. The molecule has 0 aromatic heterocycles. The average molecular weight is 277 g/mol. The Labute approximate surface area is 119 Å². The van der Waals surface area contributed by atoms with Gasteiger partial charge in [-0.25, -0.2) is 0 Å². The van der Waals surface area contributed by atoms with Crippen LogP contribution in [-0.4, -0.2) is 17.4 Å². The Morgan fingerprint density at radius 2 is 2.26 bits per heavy atom. The van der Waals surface area contributed by atoms with Crippen molar-refractivity contribution in [3.05, 3.63) is 24.3 Å². The lowest BCUT2D eigenvalue weighted by atomic mass is 10.1. The van der Waals surface area contributed by atoms with Crippen LogP contribution in [0.2, 0.25) is 0 Å². The van der Waals surface area contributed by atoms with Crippen molar-refractivity contribution in [2.24, 2.45) is 0 Å². The number of nitrogens with one attached hydrogen (secondary N) is 1. The third-order valence-corrected chi connectivity index (χ3v) is 3.04. The summed E-state index contributed by atoms with van der Waals surface area (Å²) in [6.07, 6.45) is 6.29. The Hall–Kier alpha value is -1.60. The molecule has 19 heavy (non-hydrogen) atoms. The minimum Gasteiger partial charge on any atom is -0.494 e. The van der Waals surface area contributed by atoms with E-state index in [1.807, 2.05) is 31.2 Å². The molecule has 0 fully saturated rings. The molecule has 0 aliphatic heterocycles. The van der Waals surface area contributed by atoms with Crippen LogP contribution in [0.4, 0.5) is 4.79 Å². The van der Waals surface area contributed by atoms with Gasteiger partial charge in [0.2, 0.25) is 0 Å². The molecular weight excluding hydrogens is 258 g/mol. The Kier molecular flexibility index (Phi) is 5.78. The first-order valence-corrected chi connectivity index (χ1v) is 6.99. The highest BCUT2D eigenvalue weighted by atomic mass is 32.2. The first-order valence-electron chi connectivity index (χ1n) is 6.17. The van der Waals surface area contributed by atoms with Crippen molar-refractivity contribution in [3.63, 3.8) is 0 Å². The van der Waals surface area contributed by atoms with E-state index in [-0.39, 0.29) is 5.24 Å². The van der Waals surface area contributed by atoms with E-state index in [1.165, 1.54) is 0 Å². The number of terminal acetylenes is 1. The number of carbonyl (C=O) groups is 1. The van der Waals surface area contributed by atoms with Crippen LogP contribution in [-0.2, 0) is 0 Å². The fourth-order valence-electron chi connectivity index (χ4n) is 1.27. The maximum atomic E-state index is 11.8. The molecule has 0 atom stereocenters. The number of benzene rings is 1. The van der Waals surface area contributed by atoms with Crippen LogP contribution < -0.4 is 10.1 Å². The maximum absolute atomic E-state index is 11.8. The van der Waals surface area contributed by atoms with Gasteiger partial charge in [-0.15, -0.1) is 6.42 Å². The zero-order valence-corrected chi connectivity index (χ0v) is 12.3. The topological polar surface area (TPSA) is 38.3 Å². The molecule has 4 heteroatoms. The van der Waals surface area contributed by atoms with Crippen LogP contribution in [0.25, 0.3) is 0 Å². The Bertz CT molecular complexity index is 477. The molecule has 0 spiro atoms. The number of amides is 1. The largest absolute Gasteiger partial charge is 0.494 e. The first-order chi connectivity index (χ1) is 8.96. The van der Waals surface area contributed by atoms with Crippen molar-refractivity contribution in [1.82, 2.24) is 5.32 Å².